The van der Waals surface area contributed by atoms with Crippen molar-refractivity contribution in [2.75, 3.05) is 19.8 Å². The number of ether oxygens (including phenoxy) is 3. The molecule has 0 atom stereocenters. The normalized spacial score (nSPS) is 10.8. The zero-order valence-electron chi connectivity index (χ0n) is 11.9. The summed E-state index contributed by atoms with van der Waals surface area (Å²) < 4.78 is 16.7. The Balaban J connectivity index is 3.37. The van der Waals surface area contributed by atoms with Crippen molar-refractivity contribution >= 4 is 16.6 Å². The van der Waals surface area contributed by atoms with Gasteiger partial charge in [-0.2, -0.15) is 5.26 Å². The second-order valence-corrected chi connectivity index (χ2v) is 4.13. The summed E-state index contributed by atoms with van der Waals surface area (Å²) in [7, 11) is 0. The van der Waals surface area contributed by atoms with E-state index in [1.165, 1.54) is 6.08 Å². The highest BCUT2D eigenvalue weighted by Crippen LogP contribution is 2.41. The summed E-state index contributed by atoms with van der Waals surface area (Å²) in [6, 6.07) is 5.39. The third-order valence-electron chi connectivity index (χ3n) is 2.38. The molecule has 0 aromatic heterocycles. The minimum atomic E-state index is 0.331. The van der Waals surface area contributed by atoms with Crippen molar-refractivity contribution in [1.29, 1.82) is 5.26 Å². The lowest BCUT2D eigenvalue weighted by Gasteiger charge is -2.16. The van der Waals surface area contributed by atoms with Gasteiger partial charge in [0.15, 0.2) is 11.5 Å². The van der Waals surface area contributed by atoms with E-state index in [1.807, 2.05) is 26.8 Å². The molecule has 0 spiro atoms. The Kier molecular flexibility index (Phi) is 6.75. The maximum absolute atomic E-state index is 8.68. The molecule has 0 N–H and O–H groups in total. The van der Waals surface area contributed by atoms with Crippen LogP contribution >= 0.6 is 11.6 Å². The van der Waals surface area contributed by atoms with Gasteiger partial charge in [0, 0.05) is 11.6 Å². The third kappa shape index (κ3) is 4.07. The Morgan fingerprint density at radius 2 is 1.60 bits per heavy atom. The van der Waals surface area contributed by atoms with Crippen LogP contribution in [0.2, 0.25) is 0 Å². The first-order valence-electron chi connectivity index (χ1n) is 6.49. The average molecular weight is 296 g/mol. The van der Waals surface area contributed by atoms with Crippen LogP contribution in [-0.4, -0.2) is 19.8 Å². The second-order valence-electron chi connectivity index (χ2n) is 3.72. The van der Waals surface area contributed by atoms with Gasteiger partial charge in [-0.15, -0.1) is 0 Å². The minimum Gasteiger partial charge on any atom is -0.490 e. The van der Waals surface area contributed by atoms with Crippen LogP contribution in [0.15, 0.2) is 18.2 Å². The SMILES string of the molecule is CCOc1cc(/C(Cl)=C/C#N)cc(OCC)c1OCC. The van der Waals surface area contributed by atoms with Crippen molar-refractivity contribution in [3.05, 3.63) is 23.8 Å². The van der Waals surface area contributed by atoms with E-state index in [-0.39, 0.29) is 0 Å². The molecule has 1 aromatic rings. The first kappa shape index (κ1) is 16.2. The number of benzene rings is 1. The standard InChI is InChI=1S/C15H18ClNO3/c1-4-18-13-9-11(12(16)7-8-17)10-14(19-5-2)15(13)20-6-3/h7,9-10H,4-6H2,1-3H3/b12-7-. The zero-order chi connectivity index (χ0) is 15.0. The fourth-order valence-electron chi connectivity index (χ4n) is 1.67. The van der Waals surface area contributed by atoms with Crippen LogP contribution < -0.4 is 14.2 Å². The molecular weight excluding hydrogens is 278 g/mol. The van der Waals surface area contributed by atoms with Crippen molar-refractivity contribution in [2.24, 2.45) is 0 Å². The highest BCUT2D eigenvalue weighted by atomic mass is 35.5. The Morgan fingerprint density at radius 1 is 1.10 bits per heavy atom. The Labute approximate surface area is 124 Å². The predicted octanol–water partition coefficient (Wildman–Crippen LogP) is 3.99. The molecular formula is C15H18ClNO3. The lowest BCUT2D eigenvalue weighted by atomic mass is 10.1. The molecule has 0 unspecified atom stereocenters. The topological polar surface area (TPSA) is 51.5 Å². The van der Waals surface area contributed by atoms with Gasteiger partial charge in [-0.1, -0.05) is 11.6 Å². The van der Waals surface area contributed by atoms with E-state index in [9.17, 15) is 0 Å². The number of hydrogen-bond donors (Lipinski definition) is 0. The van der Waals surface area contributed by atoms with Crippen LogP contribution in [0.3, 0.4) is 0 Å². The van der Waals surface area contributed by atoms with Crippen molar-refractivity contribution in [3.8, 4) is 23.3 Å². The van der Waals surface area contributed by atoms with Crippen LogP contribution in [-0.2, 0) is 0 Å². The van der Waals surface area contributed by atoms with Crippen LogP contribution in [0.25, 0.3) is 5.03 Å². The molecule has 4 nitrogen and oxygen atoms in total. The molecule has 0 aliphatic carbocycles. The van der Waals surface area contributed by atoms with Gasteiger partial charge in [-0.25, -0.2) is 0 Å². The fourth-order valence-corrected chi connectivity index (χ4v) is 1.82. The molecule has 1 aromatic carbocycles. The third-order valence-corrected chi connectivity index (χ3v) is 2.70. The monoisotopic (exact) mass is 295 g/mol. The first-order chi connectivity index (χ1) is 9.67. The number of nitrogens with zero attached hydrogens (tertiary/aromatic N) is 1. The molecule has 1 rings (SSSR count). The van der Waals surface area contributed by atoms with Crippen molar-refractivity contribution < 1.29 is 14.2 Å². The van der Waals surface area contributed by atoms with Crippen molar-refractivity contribution in [3.63, 3.8) is 0 Å². The van der Waals surface area contributed by atoms with Gasteiger partial charge >= 0.3 is 0 Å². The van der Waals surface area contributed by atoms with E-state index in [1.54, 1.807) is 12.1 Å². The molecule has 0 aliphatic heterocycles. The summed E-state index contributed by atoms with van der Waals surface area (Å²) in [5, 5.41) is 9.02. The first-order valence-corrected chi connectivity index (χ1v) is 6.87. The molecule has 0 amide bonds. The summed E-state index contributed by atoms with van der Waals surface area (Å²) in [5.74, 6) is 1.67. The van der Waals surface area contributed by atoms with Crippen LogP contribution in [0.4, 0.5) is 0 Å². The van der Waals surface area contributed by atoms with Gasteiger partial charge in [0.05, 0.1) is 30.9 Å². The van der Waals surface area contributed by atoms with E-state index in [4.69, 9.17) is 31.1 Å². The van der Waals surface area contributed by atoms with Crippen molar-refractivity contribution in [2.45, 2.75) is 20.8 Å². The Bertz CT molecular complexity index is 493. The van der Waals surface area contributed by atoms with E-state index in [0.717, 1.165) is 0 Å². The number of hydrogen-bond acceptors (Lipinski definition) is 4. The van der Waals surface area contributed by atoms with E-state index in [0.29, 0.717) is 47.7 Å². The number of nitriles is 1. The Morgan fingerprint density at radius 3 is 2.00 bits per heavy atom. The predicted molar refractivity (Wildman–Crippen MR) is 79.4 cm³/mol. The van der Waals surface area contributed by atoms with Crippen LogP contribution in [0.1, 0.15) is 26.3 Å². The lowest BCUT2D eigenvalue weighted by molar-refractivity contribution is 0.260. The molecule has 0 saturated heterocycles. The summed E-state index contributed by atoms with van der Waals surface area (Å²) in [4.78, 5) is 0. The lowest BCUT2D eigenvalue weighted by Crippen LogP contribution is -2.03. The number of halogens is 1. The summed E-state index contributed by atoms with van der Waals surface area (Å²) in [5.41, 5.74) is 0.656. The fraction of sp³-hybridized carbons (Fsp3) is 0.400. The quantitative estimate of drug-likeness (QED) is 0.714. The van der Waals surface area contributed by atoms with Crippen LogP contribution in [0.5, 0.6) is 17.2 Å². The number of allylic oxidation sites excluding steroid dienone is 1. The van der Waals surface area contributed by atoms with E-state index < -0.39 is 0 Å². The van der Waals surface area contributed by atoms with Crippen LogP contribution in [0, 0.1) is 11.3 Å². The zero-order valence-corrected chi connectivity index (χ0v) is 12.7. The maximum Gasteiger partial charge on any atom is 0.203 e. The largest absolute Gasteiger partial charge is 0.490 e. The molecule has 0 bridgehead atoms. The molecule has 108 valence electrons. The molecule has 0 fully saturated rings. The highest BCUT2D eigenvalue weighted by Gasteiger charge is 2.16. The van der Waals surface area contributed by atoms with Gasteiger partial charge in [0.1, 0.15) is 0 Å². The molecule has 0 heterocycles. The number of rotatable bonds is 7. The van der Waals surface area contributed by atoms with Gasteiger partial charge < -0.3 is 14.2 Å². The van der Waals surface area contributed by atoms with E-state index in [2.05, 4.69) is 0 Å². The van der Waals surface area contributed by atoms with Gasteiger partial charge in [0.25, 0.3) is 0 Å². The van der Waals surface area contributed by atoms with Gasteiger partial charge in [-0.3, -0.25) is 0 Å². The second kappa shape index (κ2) is 8.34. The van der Waals surface area contributed by atoms with Gasteiger partial charge in [-0.05, 0) is 32.9 Å². The average Bonchev–Trinajstić information content (AvgIpc) is 2.43. The molecule has 20 heavy (non-hydrogen) atoms. The van der Waals surface area contributed by atoms with E-state index >= 15 is 0 Å². The van der Waals surface area contributed by atoms with Crippen molar-refractivity contribution in [1.82, 2.24) is 0 Å². The highest BCUT2D eigenvalue weighted by molar-refractivity contribution is 6.49. The molecule has 0 aliphatic rings. The van der Waals surface area contributed by atoms with Gasteiger partial charge in [0.2, 0.25) is 5.75 Å². The Hall–Kier alpha value is -1.86. The summed E-state index contributed by atoms with van der Waals surface area (Å²) in [6.07, 6.45) is 1.27. The maximum atomic E-state index is 8.68. The summed E-state index contributed by atoms with van der Waals surface area (Å²) in [6.45, 7) is 7.15. The minimum absolute atomic E-state index is 0.331. The molecule has 0 radical (unpaired) electrons. The smallest absolute Gasteiger partial charge is 0.203 e. The molecule has 0 saturated carbocycles. The summed E-state index contributed by atoms with van der Waals surface area (Å²) >= 11 is 6.07. The molecule has 5 heteroatoms.